The smallest absolute Gasteiger partial charge is 0.144 e. The van der Waals surface area contributed by atoms with E-state index in [1.54, 1.807) is 0 Å². The van der Waals surface area contributed by atoms with E-state index in [9.17, 15) is 0 Å². The highest BCUT2D eigenvalue weighted by molar-refractivity contribution is 5.85. The lowest BCUT2D eigenvalue weighted by atomic mass is 9.80. The first-order chi connectivity index (χ1) is 8.86. The molecule has 0 saturated heterocycles. The molecule has 4 N–H and O–H groups in total. The topological polar surface area (TPSA) is 70.6 Å². The van der Waals surface area contributed by atoms with Crippen LogP contribution < -0.4 is 11.1 Å². The number of rotatable bonds is 6. The van der Waals surface area contributed by atoms with E-state index in [0.717, 1.165) is 31.2 Å². The van der Waals surface area contributed by atoms with Crippen LogP contribution in [0, 0.1) is 17.3 Å². The second kappa shape index (κ2) is 7.13. The third kappa shape index (κ3) is 5.01. The third-order valence-electron chi connectivity index (χ3n) is 4.62. The lowest BCUT2D eigenvalue weighted by Gasteiger charge is -2.33. The minimum atomic E-state index is -0.219. The van der Waals surface area contributed by atoms with E-state index < -0.39 is 0 Å². The highest BCUT2D eigenvalue weighted by Gasteiger charge is 2.26. The van der Waals surface area contributed by atoms with Crippen LogP contribution in [0.3, 0.4) is 0 Å². The second-order valence-corrected chi connectivity index (χ2v) is 6.93. The monoisotopic (exact) mass is 269 g/mol. The van der Waals surface area contributed by atoms with Crippen LogP contribution in [0.25, 0.3) is 0 Å². The summed E-state index contributed by atoms with van der Waals surface area (Å²) in [4.78, 5) is 0. The summed E-state index contributed by atoms with van der Waals surface area (Å²) in [5.74, 6) is 1.99. The van der Waals surface area contributed by atoms with Crippen LogP contribution in [0.4, 0.5) is 0 Å². The van der Waals surface area contributed by atoms with E-state index in [-0.39, 0.29) is 5.41 Å². The molecule has 112 valence electrons. The maximum Gasteiger partial charge on any atom is 0.144 e. The molecule has 1 aliphatic carbocycles. The highest BCUT2D eigenvalue weighted by Crippen LogP contribution is 2.28. The molecular weight excluding hydrogens is 238 g/mol. The predicted octanol–water partition coefficient (Wildman–Crippen LogP) is 2.95. The van der Waals surface area contributed by atoms with Crippen LogP contribution in [-0.2, 0) is 0 Å². The van der Waals surface area contributed by atoms with Crippen LogP contribution >= 0.6 is 0 Å². The van der Waals surface area contributed by atoms with Gasteiger partial charge in [0.2, 0.25) is 0 Å². The second-order valence-electron chi connectivity index (χ2n) is 6.93. The Labute approximate surface area is 117 Å². The largest absolute Gasteiger partial charge is 0.409 e. The first kappa shape index (κ1) is 16.3. The summed E-state index contributed by atoms with van der Waals surface area (Å²) < 4.78 is 0. The zero-order valence-corrected chi connectivity index (χ0v) is 12.9. The van der Waals surface area contributed by atoms with Gasteiger partial charge in [-0.25, -0.2) is 0 Å². The molecule has 0 aromatic rings. The molecule has 3 atom stereocenters. The zero-order chi connectivity index (χ0) is 14.5. The van der Waals surface area contributed by atoms with Gasteiger partial charge in [0.15, 0.2) is 0 Å². The van der Waals surface area contributed by atoms with E-state index in [1.807, 2.05) is 13.8 Å². The summed E-state index contributed by atoms with van der Waals surface area (Å²) in [7, 11) is 0. The number of nitrogens with zero attached hydrogens (tertiary/aromatic N) is 1. The van der Waals surface area contributed by atoms with Crippen molar-refractivity contribution in [1.82, 2.24) is 5.32 Å². The van der Waals surface area contributed by atoms with Crippen molar-refractivity contribution < 1.29 is 5.21 Å². The number of nitrogens with two attached hydrogens (primary N) is 1. The van der Waals surface area contributed by atoms with E-state index in [0.29, 0.717) is 11.9 Å². The fourth-order valence-corrected chi connectivity index (χ4v) is 3.05. The van der Waals surface area contributed by atoms with Gasteiger partial charge >= 0.3 is 0 Å². The van der Waals surface area contributed by atoms with Gasteiger partial charge in [-0.15, -0.1) is 0 Å². The van der Waals surface area contributed by atoms with Crippen molar-refractivity contribution in [1.29, 1.82) is 0 Å². The molecule has 4 nitrogen and oxygen atoms in total. The molecule has 19 heavy (non-hydrogen) atoms. The summed E-state index contributed by atoms with van der Waals surface area (Å²) in [6, 6.07) is 0.670. The molecule has 1 aliphatic rings. The van der Waals surface area contributed by atoms with Gasteiger partial charge in [0.1, 0.15) is 5.84 Å². The lowest BCUT2D eigenvalue weighted by molar-refractivity contribution is 0.226. The van der Waals surface area contributed by atoms with Crippen molar-refractivity contribution in [2.75, 3.05) is 6.54 Å². The van der Waals surface area contributed by atoms with Crippen LogP contribution in [0.2, 0.25) is 0 Å². The molecule has 0 heterocycles. The van der Waals surface area contributed by atoms with Crippen molar-refractivity contribution >= 4 is 5.84 Å². The Balaban J connectivity index is 2.24. The van der Waals surface area contributed by atoms with Gasteiger partial charge in [0, 0.05) is 11.5 Å². The number of oxime groups is 1. The Morgan fingerprint density at radius 2 is 2.05 bits per heavy atom. The molecule has 1 fully saturated rings. The van der Waals surface area contributed by atoms with Crippen molar-refractivity contribution in [3.63, 3.8) is 0 Å². The molecule has 0 bridgehead atoms. The molecule has 0 aliphatic heterocycles. The standard InChI is InChI=1S/C15H31N3O/c1-11-6-7-13(12(2)10-11)17-9-5-8-15(3,4)14(16)18-19/h11-13,17,19H,5-10H2,1-4H3,(H2,16,18). The van der Waals surface area contributed by atoms with Crippen molar-refractivity contribution in [2.45, 2.75) is 65.8 Å². The van der Waals surface area contributed by atoms with Gasteiger partial charge < -0.3 is 16.3 Å². The Morgan fingerprint density at radius 1 is 1.37 bits per heavy atom. The van der Waals surface area contributed by atoms with Crippen molar-refractivity contribution in [3.8, 4) is 0 Å². The predicted molar refractivity (Wildman–Crippen MR) is 80.4 cm³/mol. The molecule has 0 aromatic carbocycles. The lowest BCUT2D eigenvalue weighted by Crippen LogP contribution is -2.40. The van der Waals surface area contributed by atoms with Gasteiger partial charge in [0.25, 0.3) is 0 Å². The Morgan fingerprint density at radius 3 is 2.63 bits per heavy atom. The number of nitrogens with one attached hydrogen (secondary N) is 1. The molecule has 0 aromatic heterocycles. The molecule has 3 unspecified atom stereocenters. The molecule has 0 spiro atoms. The normalized spacial score (nSPS) is 29.5. The van der Waals surface area contributed by atoms with E-state index in [4.69, 9.17) is 10.9 Å². The average molecular weight is 269 g/mol. The van der Waals surface area contributed by atoms with Crippen LogP contribution in [0.15, 0.2) is 5.16 Å². The molecular formula is C15H31N3O. The first-order valence-corrected chi connectivity index (χ1v) is 7.58. The van der Waals surface area contributed by atoms with Gasteiger partial charge in [0.05, 0.1) is 0 Å². The van der Waals surface area contributed by atoms with E-state index in [1.165, 1.54) is 19.3 Å². The maximum absolute atomic E-state index is 8.74. The minimum absolute atomic E-state index is 0.219. The van der Waals surface area contributed by atoms with Crippen LogP contribution in [-0.4, -0.2) is 23.6 Å². The summed E-state index contributed by atoms with van der Waals surface area (Å²) >= 11 is 0. The Kier molecular flexibility index (Phi) is 6.11. The van der Waals surface area contributed by atoms with Crippen molar-refractivity contribution in [2.24, 2.45) is 28.1 Å². The third-order valence-corrected chi connectivity index (χ3v) is 4.62. The SMILES string of the molecule is CC1CCC(NCCCC(C)(C)C(N)=NO)C(C)C1. The number of hydrogen-bond donors (Lipinski definition) is 3. The molecule has 0 amide bonds. The first-order valence-electron chi connectivity index (χ1n) is 7.58. The van der Waals surface area contributed by atoms with Gasteiger partial charge in [-0.05, 0) is 50.5 Å². The maximum atomic E-state index is 8.74. The summed E-state index contributed by atoms with van der Waals surface area (Å²) in [5.41, 5.74) is 5.47. The van der Waals surface area contributed by atoms with E-state index in [2.05, 4.69) is 24.3 Å². The fourth-order valence-electron chi connectivity index (χ4n) is 3.05. The number of amidine groups is 1. The summed E-state index contributed by atoms with van der Waals surface area (Å²) in [5, 5.41) is 15.5. The molecule has 1 rings (SSSR count). The quantitative estimate of drug-likeness (QED) is 0.228. The summed E-state index contributed by atoms with van der Waals surface area (Å²) in [6.45, 7) is 9.77. The Bertz CT molecular complexity index is 302. The van der Waals surface area contributed by atoms with Crippen LogP contribution in [0.1, 0.15) is 59.8 Å². The molecule has 0 radical (unpaired) electrons. The highest BCUT2D eigenvalue weighted by atomic mass is 16.4. The van der Waals surface area contributed by atoms with E-state index >= 15 is 0 Å². The summed E-state index contributed by atoms with van der Waals surface area (Å²) in [6.07, 6.45) is 5.98. The Hall–Kier alpha value is -0.770. The zero-order valence-electron chi connectivity index (χ0n) is 12.9. The van der Waals surface area contributed by atoms with Gasteiger partial charge in [-0.1, -0.05) is 32.9 Å². The number of hydrogen-bond acceptors (Lipinski definition) is 3. The minimum Gasteiger partial charge on any atom is -0.409 e. The van der Waals surface area contributed by atoms with Gasteiger partial charge in [-0.2, -0.15) is 0 Å². The fraction of sp³-hybridized carbons (Fsp3) is 0.933. The molecule has 4 heteroatoms. The molecule has 1 saturated carbocycles. The van der Waals surface area contributed by atoms with Crippen molar-refractivity contribution in [3.05, 3.63) is 0 Å². The average Bonchev–Trinajstić information content (AvgIpc) is 2.35. The van der Waals surface area contributed by atoms with Crippen LogP contribution in [0.5, 0.6) is 0 Å². The van der Waals surface area contributed by atoms with Gasteiger partial charge in [-0.3, -0.25) is 0 Å².